The highest BCUT2D eigenvalue weighted by molar-refractivity contribution is 5.75. The van der Waals surface area contributed by atoms with E-state index in [0.717, 1.165) is 0 Å². The zero-order valence-corrected chi connectivity index (χ0v) is 9.60. The van der Waals surface area contributed by atoms with Crippen molar-refractivity contribution in [3.05, 3.63) is 12.2 Å². The third-order valence-electron chi connectivity index (χ3n) is 2.12. The minimum atomic E-state index is -0.261. The molecule has 0 fully saturated rings. The van der Waals surface area contributed by atoms with Gasteiger partial charge in [-0.2, -0.15) is 4.98 Å². The molecule has 0 aliphatic carbocycles. The van der Waals surface area contributed by atoms with Gasteiger partial charge in [0.05, 0.1) is 6.61 Å². The van der Waals surface area contributed by atoms with Gasteiger partial charge in [0, 0.05) is 13.0 Å². The molecule has 0 saturated carbocycles. The summed E-state index contributed by atoms with van der Waals surface area (Å²) in [6, 6.07) is -0.261. The van der Waals surface area contributed by atoms with Gasteiger partial charge in [0.15, 0.2) is 6.33 Å². The lowest BCUT2D eigenvalue weighted by Crippen LogP contribution is -2.38. The average Bonchev–Trinajstić information content (AvgIpc) is 2.77. The van der Waals surface area contributed by atoms with E-state index in [1.807, 2.05) is 6.92 Å². The molecule has 0 spiro atoms. The Hall–Kier alpha value is -1.43. The summed E-state index contributed by atoms with van der Waals surface area (Å²) in [6.45, 7) is 4.74. The van der Waals surface area contributed by atoms with E-state index in [1.165, 1.54) is 6.33 Å². The van der Waals surface area contributed by atoms with Crippen molar-refractivity contribution in [3.8, 4) is 0 Å². The van der Waals surface area contributed by atoms with Gasteiger partial charge in [-0.3, -0.25) is 4.79 Å². The van der Waals surface area contributed by atoms with Crippen LogP contribution in [0.2, 0.25) is 0 Å². The third-order valence-corrected chi connectivity index (χ3v) is 2.12. The van der Waals surface area contributed by atoms with Crippen LogP contribution in [0.5, 0.6) is 0 Å². The second-order valence-electron chi connectivity index (χ2n) is 3.25. The van der Waals surface area contributed by atoms with E-state index in [9.17, 15) is 4.79 Å². The molecular formula is C10H17N3O3. The Balaban J connectivity index is 2.26. The van der Waals surface area contributed by atoms with E-state index >= 15 is 0 Å². The van der Waals surface area contributed by atoms with E-state index < -0.39 is 0 Å². The molecule has 1 N–H and O–H groups in total. The van der Waals surface area contributed by atoms with Gasteiger partial charge in [-0.15, -0.1) is 0 Å². The lowest BCUT2D eigenvalue weighted by Gasteiger charge is -2.14. The fourth-order valence-corrected chi connectivity index (χ4v) is 1.30. The summed E-state index contributed by atoms with van der Waals surface area (Å²) in [4.78, 5) is 15.3. The summed E-state index contributed by atoms with van der Waals surface area (Å²) in [7, 11) is 0. The molecule has 1 atom stereocenters. The Morgan fingerprint density at radius 1 is 1.62 bits per heavy atom. The van der Waals surface area contributed by atoms with Crippen LogP contribution in [0.25, 0.3) is 0 Å². The lowest BCUT2D eigenvalue weighted by molar-refractivity contribution is -0.145. The normalized spacial score (nSPS) is 12.4. The minimum Gasteiger partial charge on any atom is -0.465 e. The van der Waals surface area contributed by atoms with Crippen LogP contribution in [0.4, 0.5) is 0 Å². The molecule has 0 aromatic carbocycles. The Labute approximate surface area is 94.4 Å². The van der Waals surface area contributed by atoms with E-state index in [1.54, 1.807) is 6.92 Å². The third kappa shape index (κ3) is 3.98. The zero-order valence-electron chi connectivity index (χ0n) is 9.60. The molecule has 0 radical (unpaired) electrons. The molecule has 1 unspecified atom stereocenters. The molecule has 0 amide bonds. The SMILES string of the molecule is CCOC(=O)C(CC)NCCc1ncno1. The van der Waals surface area contributed by atoms with Crippen LogP contribution in [0.1, 0.15) is 26.2 Å². The molecule has 1 heterocycles. The molecule has 1 aromatic rings. The molecule has 6 nitrogen and oxygen atoms in total. The first-order valence-corrected chi connectivity index (χ1v) is 5.43. The molecule has 0 aliphatic heterocycles. The van der Waals surface area contributed by atoms with E-state index in [-0.39, 0.29) is 12.0 Å². The summed E-state index contributed by atoms with van der Waals surface area (Å²) < 4.78 is 9.77. The molecule has 0 saturated heterocycles. The van der Waals surface area contributed by atoms with Crippen LogP contribution in [0.3, 0.4) is 0 Å². The van der Waals surface area contributed by atoms with Crippen molar-refractivity contribution in [3.63, 3.8) is 0 Å². The summed E-state index contributed by atoms with van der Waals surface area (Å²) in [5, 5.41) is 6.59. The van der Waals surface area contributed by atoms with E-state index in [0.29, 0.717) is 31.9 Å². The number of aromatic nitrogens is 2. The summed E-state index contributed by atoms with van der Waals surface area (Å²) in [6.07, 6.45) is 2.66. The first-order chi connectivity index (χ1) is 7.77. The molecule has 1 aromatic heterocycles. The first-order valence-electron chi connectivity index (χ1n) is 5.43. The Morgan fingerprint density at radius 2 is 2.44 bits per heavy atom. The van der Waals surface area contributed by atoms with Crippen molar-refractivity contribution in [2.75, 3.05) is 13.2 Å². The molecular weight excluding hydrogens is 210 g/mol. The zero-order chi connectivity index (χ0) is 11.8. The molecule has 0 aliphatic rings. The predicted octanol–water partition coefficient (Wildman–Crippen LogP) is 0.543. The van der Waals surface area contributed by atoms with E-state index in [2.05, 4.69) is 15.5 Å². The number of carbonyl (C=O) groups excluding carboxylic acids is 1. The number of carbonyl (C=O) groups is 1. The number of ether oxygens (including phenoxy) is 1. The Morgan fingerprint density at radius 3 is 3.00 bits per heavy atom. The van der Waals surface area contributed by atoms with Gasteiger partial charge < -0.3 is 14.6 Å². The van der Waals surface area contributed by atoms with Gasteiger partial charge in [0.2, 0.25) is 5.89 Å². The average molecular weight is 227 g/mol. The van der Waals surface area contributed by atoms with Crippen LogP contribution in [-0.4, -0.2) is 35.3 Å². The fourth-order valence-electron chi connectivity index (χ4n) is 1.30. The first kappa shape index (κ1) is 12.6. The lowest BCUT2D eigenvalue weighted by atomic mass is 10.2. The maximum atomic E-state index is 11.4. The van der Waals surface area contributed by atoms with Crippen LogP contribution in [0, 0.1) is 0 Å². The van der Waals surface area contributed by atoms with Crippen molar-refractivity contribution in [1.82, 2.24) is 15.5 Å². The molecule has 1 rings (SSSR count). The van der Waals surface area contributed by atoms with Gasteiger partial charge in [0.25, 0.3) is 0 Å². The van der Waals surface area contributed by atoms with Crippen LogP contribution >= 0.6 is 0 Å². The topological polar surface area (TPSA) is 77.2 Å². The largest absolute Gasteiger partial charge is 0.465 e. The van der Waals surface area contributed by atoms with Crippen LogP contribution in [0.15, 0.2) is 10.9 Å². The van der Waals surface area contributed by atoms with Crippen molar-refractivity contribution in [2.45, 2.75) is 32.7 Å². The van der Waals surface area contributed by atoms with Gasteiger partial charge >= 0.3 is 5.97 Å². The highest BCUT2D eigenvalue weighted by atomic mass is 16.5. The molecule has 0 bridgehead atoms. The number of rotatable bonds is 7. The van der Waals surface area contributed by atoms with Gasteiger partial charge in [-0.25, -0.2) is 0 Å². The smallest absolute Gasteiger partial charge is 0.323 e. The van der Waals surface area contributed by atoms with Gasteiger partial charge in [0.1, 0.15) is 6.04 Å². The fraction of sp³-hybridized carbons (Fsp3) is 0.700. The summed E-state index contributed by atoms with van der Waals surface area (Å²) in [5.74, 6) is 0.349. The molecule has 6 heteroatoms. The number of hydrogen-bond donors (Lipinski definition) is 1. The van der Waals surface area contributed by atoms with Crippen molar-refractivity contribution in [1.29, 1.82) is 0 Å². The number of nitrogens with zero attached hydrogens (tertiary/aromatic N) is 2. The van der Waals surface area contributed by atoms with Crippen LogP contribution in [-0.2, 0) is 16.0 Å². The highest BCUT2D eigenvalue weighted by Gasteiger charge is 2.16. The summed E-state index contributed by atoms with van der Waals surface area (Å²) in [5.41, 5.74) is 0. The molecule has 90 valence electrons. The van der Waals surface area contributed by atoms with Crippen molar-refractivity contribution >= 4 is 5.97 Å². The maximum absolute atomic E-state index is 11.4. The number of esters is 1. The maximum Gasteiger partial charge on any atom is 0.323 e. The number of nitrogens with one attached hydrogen (secondary N) is 1. The summed E-state index contributed by atoms with van der Waals surface area (Å²) >= 11 is 0. The van der Waals surface area contributed by atoms with Gasteiger partial charge in [-0.05, 0) is 13.3 Å². The minimum absolute atomic E-state index is 0.212. The second kappa shape index (κ2) is 6.95. The van der Waals surface area contributed by atoms with Gasteiger partial charge in [-0.1, -0.05) is 12.1 Å². The van der Waals surface area contributed by atoms with Crippen LogP contribution < -0.4 is 5.32 Å². The monoisotopic (exact) mass is 227 g/mol. The van der Waals surface area contributed by atoms with E-state index in [4.69, 9.17) is 9.26 Å². The quantitative estimate of drug-likeness (QED) is 0.685. The predicted molar refractivity (Wildman–Crippen MR) is 56.7 cm³/mol. The van der Waals surface area contributed by atoms with Crippen molar-refractivity contribution < 1.29 is 14.1 Å². The molecule has 16 heavy (non-hydrogen) atoms. The number of hydrogen-bond acceptors (Lipinski definition) is 6. The Bertz CT molecular complexity index is 300. The second-order valence-corrected chi connectivity index (χ2v) is 3.25. The Kier molecular flexibility index (Phi) is 5.49. The standard InChI is InChI=1S/C10H17N3O3/c1-3-8(10(14)15-4-2)11-6-5-9-12-7-13-16-9/h7-8,11H,3-6H2,1-2H3. The van der Waals surface area contributed by atoms with Crippen molar-refractivity contribution in [2.24, 2.45) is 0 Å². The highest BCUT2D eigenvalue weighted by Crippen LogP contribution is 1.96.